The molecule has 1 atom stereocenters. The minimum absolute atomic E-state index is 0.0274. The smallest absolute Gasteiger partial charge is 0.240 e. The molecule has 0 aliphatic carbocycles. The summed E-state index contributed by atoms with van der Waals surface area (Å²) in [4.78, 5) is 2.47. The third-order valence-electron chi connectivity index (χ3n) is 4.60. The quantitative estimate of drug-likeness (QED) is 0.827. The topological polar surface area (TPSA) is 49.4 Å². The van der Waals surface area contributed by atoms with Gasteiger partial charge in [0.25, 0.3) is 0 Å². The fourth-order valence-electron chi connectivity index (χ4n) is 3.21. The summed E-state index contributed by atoms with van der Waals surface area (Å²) in [5, 5.41) is 4.11. The summed E-state index contributed by atoms with van der Waals surface area (Å²) in [5.41, 5.74) is 1.15. The Morgan fingerprint density at radius 1 is 1.08 bits per heavy atom. The van der Waals surface area contributed by atoms with Gasteiger partial charge in [-0.3, -0.25) is 4.90 Å². The number of likely N-dealkylation sites (tertiary alicyclic amines) is 1. The van der Waals surface area contributed by atoms with Crippen molar-refractivity contribution in [3.05, 3.63) is 52.5 Å². The first-order valence-electron chi connectivity index (χ1n) is 8.58. The van der Waals surface area contributed by atoms with Gasteiger partial charge in [0.05, 0.1) is 4.90 Å². The number of thiophene rings is 1. The molecule has 0 bridgehead atoms. The summed E-state index contributed by atoms with van der Waals surface area (Å²) in [5.74, 6) is -0.445. The lowest BCUT2D eigenvalue weighted by Crippen LogP contribution is -2.38. The van der Waals surface area contributed by atoms with Crippen LogP contribution in [0.3, 0.4) is 0 Å². The van der Waals surface area contributed by atoms with E-state index in [4.69, 9.17) is 0 Å². The lowest BCUT2D eigenvalue weighted by atomic mass is 10.1. The lowest BCUT2D eigenvalue weighted by molar-refractivity contribution is 0.206. The summed E-state index contributed by atoms with van der Waals surface area (Å²) in [6.45, 7) is 2.29. The molecular weight excluding hydrogens is 359 g/mol. The summed E-state index contributed by atoms with van der Waals surface area (Å²) in [6, 6.07) is 7.01. The van der Waals surface area contributed by atoms with Gasteiger partial charge in [-0.05, 0) is 72.6 Å². The number of halogens is 1. The number of nitrogens with one attached hydrogen (secondary N) is 1. The molecule has 7 heteroatoms. The zero-order chi connectivity index (χ0) is 17.7. The van der Waals surface area contributed by atoms with E-state index in [-0.39, 0.29) is 10.9 Å². The highest BCUT2D eigenvalue weighted by atomic mass is 32.2. The van der Waals surface area contributed by atoms with Crippen molar-refractivity contribution < 1.29 is 12.8 Å². The molecule has 1 aliphatic rings. The standard InChI is InChI=1S/C18H23FN2O2S2/c19-16-5-7-17(8-6-16)25(22,23)20-13-18(15-9-12-24-14-15)21-10-3-1-2-4-11-21/h5-9,12,14,18,20H,1-4,10-11,13H2/t18-/m0/s1. The second-order valence-electron chi connectivity index (χ2n) is 6.33. The maximum absolute atomic E-state index is 13.0. The monoisotopic (exact) mass is 382 g/mol. The van der Waals surface area contributed by atoms with Crippen molar-refractivity contribution in [1.82, 2.24) is 9.62 Å². The molecule has 2 aromatic rings. The zero-order valence-electron chi connectivity index (χ0n) is 14.0. The number of hydrogen-bond acceptors (Lipinski definition) is 4. The second-order valence-corrected chi connectivity index (χ2v) is 8.88. The highest BCUT2D eigenvalue weighted by Gasteiger charge is 2.24. The van der Waals surface area contributed by atoms with Crippen LogP contribution in [0.25, 0.3) is 0 Å². The first kappa shape index (κ1) is 18.5. The average Bonchev–Trinajstić information content (AvgIpc) is 2.98. The molecule has 0 saturated carbocycles. The maximum atomic E-state index is 13.0. The molecule has 0 spiro atoms. The molecular formula is C18H23FN2O2S2. The lowest BCUT2D eigenvalue weighted by Gasteiger charge is -2.30. The van der Waals surface area contributed by atoms with Crippen molar-refractivity contribution >= 4 is 21.4 Å². The Balaban J connectivity index is 1.75. The molecule has 1 saturated heterocycles. The Bertz CT molecular complexity index is 753. The van der Waals surface area contributed by atoms with Crippen molar-refractivity contribution in [3.63, 3.8) is 0 Å². The molecule has 1 aromatic heterocycles. The molecule has 1 aromatic carbocycles. The van der Waals surface area contributed by atoms with Crippen LogP contribution < -0.4 is 4.72 Å². The molecule has 0 radical (unpaired) electrons. The van der Waals surface area contributed by atoms with Crippen molar-refractivity contribution in [1.29, 1.82) is 0 Å². The number of rotatable bonds is 6. The number of sulfonamides is 1. The van der Waals surface area contributed by atoms with Gasteiger partial charge in [-0.25, -0.2) is 17.5 Å². The van der Waals surface area contributed by atoms with E-state index in [9.17, 15) is 12.8 Å². The normalized spacial score (nSPS) is 18.0. The van der Waals surface area contributed by atoms with Crippen LogP contribution in [0, 0.1) is 5.82 Å². The van der Waals surface area contributed by atoms with Gasteiger partial charge < -0.3 is 0 Å². The van der Waals surface area contributed by atoms with Crippen LogP contribution in [0.15, 0.2) is 46.0 Å². The van der Waals surface area contributed by atoms with Crippen LogP contribution in [-0.2, 0) is 10.0 Å². The van der Waals surface area contributed by atoms with E-state index in [1.54, 1.807) is 11.3 Å². The second kappa shape index (κ2) is 8.40. The Morgan fingerprint density at radius 2 is 1.76 bits per heavy atom. The van der Waals surface area contributed by atoms with Crippen molar-refractivity contribution in [3.8, 4) is 0 Å². The van der Waals surface area contributed by atoms with Crippen molar-refractivity contribution in [2.24, 2.45) is 0 Å². The zero-order valence-corrected chi connectivity index (χ0v) is 15.7. The molecule has 1 N–H and O–H groups in total. The molecule has 3 rings (SSSR count). The van der Waals surface area contributed by atoms with Gasteiger partial charge in [-0.15, -0.1) is 0 Å². The molecule has 0 amide bonds. The average molecular weight is 383 g/mol. The molecule has 1 fully saturated rings. The van der Waals surface area contributed by atoms with Crippen LogP contribution in [0.5, 0.6) is 0 Å². The van der Waals surface area contributed by atoms with Crippen LogP contribution in [0.1, 0.15) is 37.3 Å². The predicted octanol–water partition coefficient (Wildman–Crippen LogP) is 3.78. The van der Waals surface area contributed by atoms with Crippen molar-refractivity contribution in [2.45, 2.75) is 36.6 Å². The van der Waals surface area contributed by atoms with Crippen LogP contribution >= 0.6 is 11.3 Å². The van der Waals surface area contributed by atoms with E-state index in [1.165, 1.54) is 37.1 Å². The fraction of sp³-hybridized carbons (Fsp3) is 0.444. The summed E-state index contributed by atoms with van der Waals surface area (Å²) < 4.78 is 40.8. The first-order valence-corrected chi connectivity index (χ1v) is 11.0. The molecule has 136 valence electrons. The van der Waals surface area contributed by atoms with Gasteiger partial charge in [-0.1, -0.05) is 12.8 Å². The van der Waals surface area contributed by atoms with E-state index in [0.717, 1.165) is 31.5 Å². The van der Waals surface area contributed by atoms with Gasteiger partial charge in [0, 0.05) is 12.6 Å². The Hall–Kier alpha value is -1.28. The minimum atomic E-state index is -3.65. The van der Waals surface area contributed by atoms with Gasteiger partial charge in [-0.2, -0.15) is 11.3 Å². The number of hydrogen-bond donors (Lipinski definition) is 1. The van der Waals surface area contributed by atoms with Crippen molar-refractivity contribution in [2.75, 3.05) is 19.6 Å². The fourth-order valence-corrected chi connectivity index (χ4v) is 4.96. The predicted molar refractivity (Wildman–Crippen MR) is 98.7 cm³/mol. The highest BCUT2D eigenvalue weighted by Crippen LogP contribution is 2.26. The molecule has 4 nitrogen and oxygen atoms in total. The van der Waals surface area contributed by atoms with Crippen LogP contribution in [0.2, 0.25) is 0 Å². The van der Waals surface area contributed by atoms with E-state index in [1.807, 2.05) is 5.38 Å². The first-order chi connectivity index (χ1) is 12.1. The molecule has 2 heterocycles. The van der Waals surface area contributed by atoms with E-state index in [0.29, 0.717) is 6.54 Å². The summed E-state index contributed by atoms with van der Waals surface area (Å²) in [7, 11) is -3.65. The van der Waals surface area contributed by atoms with Gasteiger partial charge in [0.15, 0.2) is 0 Å². The van der Waals surface area contributed by atoms with Crippen LogP contribution in [-0.4, -0.2) is 33.0 Å². The summed E-state index contributed by atoms with van der Waals surface area (Å²) >= 11 is 1.62. The van der Waals surface area contributed by atoms with Gasteiger partial charge >= 0.3 is 0 Å². The van der Waals surface area contributed by atoms with Gasteiger partial charge in [0.2, 0.25) is 10.0 Å². The molecule has 1 aliphatic heterocycles. The Labute approximate surface area is 152 Å². The van der Waals surface area contributed by atoms with E-state index in [2.05, 4.69) is 21.1 Å². The Morgan fingerprint density at radius 3 is 2.36 bits per heavy atom. The summed E-state index contributed by atoms with van der Waals surface area (Å²) in [6.07, 6.45) is 4.75. The van der Waals surface area contributed by atoms with E-state index >= 15 is 0 Å². The highest BCUT2D eigenvalue weighted by molar-refractivity contribution is 7.89. The molecule has 25 heavy (non-hydrogen) atoms. The third kappa shape index (κ3) is 4.88. The molecule has 0 unspecified atom stereocenters. The van der Waals surface area contributed by atoms with Crippen LogP contribution in [0.4, 0.5) is 4.39 Å². The third-order valence-corrected chi connectivity index (χ3v) is 6.74. The Kier molecular flexibility index (Phi) is 6.22. The SMILES string of the molecule is O=S(=O)(NC[C@@H](c1ccsc1)N1CCCCCC1)c1ccc(F)cc1. The van der Waals surface area contributed by atoms with E-state index < -0.39 is 15.8 Å². The number of nitrogens with zero attached hydrogens (tertiary/aromatic N) is 1. The maximum Gasteiger partial charge on any atom is 0.240 e. The number of benzene rings is 1. The largest absolute Gasteiger partial charge is 0.295 e. The minimum Gasteiger partial charge on any atom is -0.295 e. The van der Waals surface area contributed by atoms with Gasteiger partial charge in [0.1, 0.15) is 5.82 Å².